The van der Waals surface area contributed by atoms with Gasteiger partial charge in [-0.15, -0.1) is 0 Å². The maximum atomic E-state index is 13.7. The lowest BCUT2D eigenvalue weighted by molar-refractivity contribution is 0.0698. The van der Waals surface area contributed by atoms with Gasteiger partial charge in [-0.3, -0.25) is 0 Å². The van der Waals surface area contributed by atoms with Crippen LogP contribution in [0.2, 0.25) is 5.02 Å². The SMILES string of the molecule is Cc1cc(F)c(Nc2ccc(Cl)cc2C(=O)O)cc1F. The second-order valence-electron chi connectivity index (χ2n) is 4.20. The molecule has 0 aliphatic rings. The van der Waals surface area contributed by atoms with Gasteiger partial charge in [0, 0.05) is 11.1 Å². The van der Waals surface area contributed by atoms with Crippen LogP contribution in [0.1, 0.15) is 15.9 Å². The van der Waals surface area contributed by atoms with Gasteiger partial charge in [0.15, 0.2) is 0 Å². The Morgan fingerprint density at radius 3 is 2.50 bits per heavy atom. The first-order chi connectivity index (χ1) is 9.38. The number of halogens is 3. The van der Waals surface area contributed by atoms with Crippen LogP contribution in [0.25, 0.3) is 0 Å². The van der Waals surface area contributed by atoms with Crippen LogP contribution in [0, 0.1) is 18.6 Å². The van der Waals surface area contributed by atoms with Crippen molar-refractivity contribution in [3.05, 3.63) is 58.1 Å². The van der Waals surface area contributed by atoms with E-state index in [2.05, 4.69) is 5.32 Å². The van der Waals surface area contributed by atoms with Gasteiger partial charge in [-0.05, 0) is 36.8 Å². The zero-order chi connectivity index (χ0) is 14.9. The van der Waals surface area contributed by atoms with E-state index in [1.165, 1.54) is 25.1 Å². The van der Waals surface area contributed by atoms with Crippen LogP contribution in [0.15, 0.2) is 30.3 Å². The minimum atomic E-state index is -1.22. The van der Waals surface area contributed by atoms with Crippen LogP contribution in [0.3, 0.4) is 0 Å². The smallest absolute Gasteiger partial charge is 0.337 e. The summed E-state index contributed by atoms with van der Waals surface area (Å²) in [4.78, 5) is 11.1. The Labute approximate surface area is 118 Å². The molecule has 0 fully saturated rings. The first-order valence-corrected chi connectivity index (χ1v) is 6.02. The first-order valence-electron chi connectivity index (χ1n) is 5.64. The normalized spacial score (nSPS) is 10.4. The highest BCUT2D eigenvalue weighted by Crippen LogP contribution is 2.27. The van der Waals surface area contributed by atoms with Crippen molar-refractivity contribution in [2.24, 2.45) is 0 Å². The van der Waals surface area contributed by atoms with Gasteiger partial charge in [-0.1, -0.05) is 11.6 Å². The zero-order valence-corrected chi connectivity index (χ0v) is 11.1. The van der Waals surface area contributed by atoms with Crippen molar-refractivity contribution < 1.29 is 18.7 Å². The van der Waals surface area contributed by atoms with Gasteiger partial charge in [0.25, 0.3) is 0 Å². The largest absolute Gasteiger partial charge is 0.478 e. The number of aromatic carboxylic acids is 1. The maximum Gasteiger partial charge on any atom is 0.337 e. The van der Waals surface area contributed by atoms with Gasteiger partial charge in [0.1, 0.15) is 11.6 Å². The number of nitrogens with one attached hydrogen (secondary N) is 1. The summed E-state index contributed by atoms with van der Waals surface area (Å²) in [5.74, 6) is -2.47. The Balaban J connectivity index is 2.45. The van der Waals surface area contributed by atoms with Crippen molar-refractivity contribution in [2.75, 3.05) is 5.32 Å². The van der Waals surface area contributed by atoms with E-state index < -0.39 is 17.6 Å². The van der Waals surface area contributed by atoms with Crippen LogP contribution in [-0.4, -0.2) is 11.1 Å². The average molecular weight is 298 g/mol. The fraction of sp³-hybridized carbons (Fsp3) is 0.0714. The second-order valence-corrected chi connectivity index (χ2v) is 4.64. The molecule has 0 saturated heterocycles. The second kappa shape index (κ2) is 5.46. The number of carboxylic acid groups (broad SMARTS) is 1. The zero-order valence-electron chi connectivity index (χ0n) is 10.4. The average Bonchev–Trinajstić information content (AvgIpc) is 2.37. The molecule has 6 heteroatoms. The molecule has 20 heavy (non-hydrogen) atoms. The third-order valence-corrected chi connectivity index (χ3v) is 2.96. The summed E-state index contributed by atoms with van der Waals surface area (Å²) >= 11 is 5.72. The predicted molar refractivity (Wildman–Crippen MR) is 72.8 cm³/mol. The molecule has 0 spiro atoms. The molecule has 3 nitrogen and oxygen atoms in total. The van der Waals surface area contributed by atoms with Crippen LogP contribution in [0.4, 0.5) is 20.2 Å². The van der Waals surface area contributed by atoms with E-state index in [-0.39, 0.29) is 27.5 Å². The van der Waals surface area contributed by atoms with Gasteiger partial charge in [-0.25, -0.2) is 13.6 Å². The molecule has 0 unspecified atom stereocenters. The van der Waals surface area contributed by atoms with Crippen LogP contribution >= 0.6 is 11.6 Å². The van der Waals surface area contributed by atoms with E-state index in [1.807, 2.05) is 0 Å². The third-order valence-electron chi connectivity index (χ3n) is 2.73. The Kier molecular flexibility index (Phi) is 3.90. The van der Waals surface area contributed by atoms with Crippen molar-refractivity contribution in [3.8, 4) is 0 Å². The van der Waals surface area contributed by atoms with Crippen molar-refractivity contribution in [3.63, 3.8) is 0 Å². The van der Waals surface area contributed by atoms with Gasteiger partial charge in [0.05, 0.1) is 16.9 Å². The van der Waals surface area contributed by atoms with E-state index in [0.717, 1.165) is 12.1 Å². The minimum absolute atomic E-state index is 0.127. The number of anilines is 2. The molecule has 0 aromatic heterocycles. The van der Waals surface area contributed by atoms with Crippen LogP contribution < -0.4 is 5.32 Å². The predicted octanol–water partition coefficient (Wildman–Crippen LogP) is 4.37. The summed E-state index contributed by atoms with van der Waals surface area (Å²) in [7, 11) is 0. The minimum Gasteiger partial charge on any atom is -0.478 e. The Bertz CT molecular complexity index is 689. The monoisotopic (exact) mass is 297 g/mol. The van der Waals surface area contributed by atoms with Crippen LogP contribution in [-0.2, 0) is 0 Å². The molecule has 0 saturated carbocycles. The number of hydrogen-bond acceptors (Lipinski definition) is 2. The van der Waals surface area contributed by atoms with Crippen molar-refractivity contribution in [1.29, 1.82) is 0 Å². The summed E-state index contributed by atoms with van der Waals surface area (Å²) in [6, 6.07) is 6.09. The topological polar surface area (TPSA) is 49.3 Å². The van der Waals surface area contributed by atoms with Crippen molar-refractivity contribution in [2.45, 2.75) is 6.92 Å². The van der Waals surface area contributed by atoms with Gasteiger partial charge in [0.2, 0.25) is 0 Å². The van der Waals surface area contributed by atoms with E-state index >= 15 is 0 Å². The number of benzene rings is 2. The molecule has 2 aromatic carbocycles. The van der Waals surface area contributed by atoms with Crippen LogP contribution in [0.5, 0.6) is 0 Å². The first kappa shape index (κ1) is 14.3. The maximum absolute atomic E-state index is 13.7. The lowest BCUT2D eigenvalue weighted by Gasteiger charge is -2.11. The molecule has 0 aliphatic carbocycles. The summed E-state index contributed by atoms with van der Waals surface area (Å²) < 4.78 is 27.2. The van der Waals surface area contributed by atoms with E-state index in [0.29, 0.717) is 0 Å². The number of carboxylic acids is 1. The molecular weight excluding hydrogens is 288 g/mol. The summed E-state index contributed by atoms with van der Waals surface area (Å²) in [6.45, 7) is 1.44. The molecule has 0 aliphatic heterocycles. The van der Waals surface area contributed by atoms with Crippen molar-refractivity contribution in [1.82, 2.24) is 0 Å². The van der Waals surface area contributed by atoms with Gasteiger partial charge >= 0.3 is 5.97 Å². The summed E-state index contributed by atoms with van der Waals surface area (Å²) in [5.41, 5.74) is 0.0301. The fourth-order valence-corrected chi connectivity index (χ4v) is 1.86. The van der Waals surface area contributed by atoms with E-state index in [1.54, 1.807) is 0 Å². The molecule has 2 aromatic rings. The lowest BCUT2D eigenvalue weighted by atomic mass is 10.1. The van der Waals surface area contributed by atoms with E-state index in [9.17, 15) is 13.6 Å². The highest BCUT2D eigenvalue weighted by atomic mass is 35.5. The number of hydrogen-bond donors (Lipinski definition) is 2. The molecule has 2 N–H and O–H groups in total. The highest BCUT2D eigenvalue weighted by Gasteiger charge is 2.13. The van der Waals surface area contributed by atoms with E-state index in [4.69, 9.17) is 16.7 Å². The molecule has 104 valence electrons. The molecule has 0 atom stereocenters. The third kappa shape index (κ3) is 2.88. The summed E-state index contributed by atoms with van der Waals surface area (Å²) in [5, 5.41) is 11.9. The molecular formula is C14H10ClF2NO2. The molecule has 2 rings (SSSR count). The van der Waals surface area contributed by atoms with Gasteiger partial charge < -0.3 is 10.4 Å². The lowest BCUT2D eigenvalue weighted by Crippen LogP contribution is -2.04. The standard InChI is InChI=1S/C14H10ClF2NO2/c1-7-4-11(17)13(6-10(7)16)18-12-3-2-8(15)5-9(12)14(19)20/h2-6,18H,1H3,(H,19,20). The molecule has 0 radical (unpaired) electrons. The number of aryl methyl sites for hydroxylation is 1. The quantitative estimate of drug-likeness (QED) is 0.884. The van der Waals surface area contributed by atoms with Crippen molar-refractivity contribution >= 4 is 28.9 Å². The molecule has 0 amide bonds. The Morgan fingerprint density at radius 2 is 1.85 bits per heavy atom. The fourth-order valence-electron chi connectivity index (χ4n) is 1.69. The Hall–Kier alpha value is -2.14. The number of carbonyl (C=O) groups is 1. The number of rotatable bonds is 3. The highest BCUT2D eigenvalue weighted by molar-refractivity contribution is 6.31. The Morgan fingerprint density at radius 1 is 1.15 bits per heavy atom. The molecule has 0 heterocycles. The summed E-state index contributed by atoms with van der Waals surface area (Å²) in [6.07, 6.45) is 0. The molecule has 0 bridgehead atoms. The van der Waals surface area contributed by atoms with Gasteiger partial charge in [-0.2, -0.15) is 0 Å².